The maximum atomic E-state index is 6.10. The third-order valence-corrected chi connectivity index (χ3v) is 2.68. The average molecular weight is 222 g/mol. The van der Waals surface area contributed by atoms with Gasteiger partial charge in [-0.25, -0.2) is 0 Å². The van der Waals surface area contributed by atoms with Crippen molar-refractivity contribution < 1.29 is 4.74 Å². The fourth-order valence-corrected chi connectivity index (χ4v) is 1.64. The Kier molecular flexibility index (Phi) is 5.29. The first-order chi connectivity index (χ1) is 7.67. The van der Waals surface area contributed by atoms with Crippen LogP contribution in [0.5, 0.6) is 5.75 Å². The van der Waals surface area contributed by atoms with Crippen LogP contribution in [0.1, 0.15) is 31.9 Å². The first kappa shape index (κ1) is 13.0. The molecule has 0 saturated carbocycles. The summed E-state index contributed by atoms with van der Waals surface area (Å²) in [5.74, 6) is 1.35. The maximum absolute atomic E-state index is 6.10. The fourth-order valence-electron chi connectivity index (χ4n) is 1.64. The molecule has 16 heavy (non-hydrogen) atoms. The van der Waals surface area contributed by atoms with E-state index in [-0.39, 0.29) is 6.04 Å². The summed E-state index contributed by atoms with van der Waals surface area (Å²) in [4.78, 5) is 0. The van der Waals surface area contributed by atoms with Crippen LogP contribution in [-0.4, -0.2) is 13.2 Å². The Labute approximate surface area is 97.8 Å². The molecule has 0 aliphatic carbocycles. The van der Waals surface area contributed by atoms with E-state index in [1.807, 2.05) is 31.2 Å². The molecule has 4 N–H and O–H groups in total. The van der Waals surface area contributed by atoms with Gasteiger partial charge in [0, 0.05) is 6.04 Å². The minimum atomic E-state index is 0.0641. The number of ether oxygens (including phenoxy) is 1. The molecule has 0 fully saturated rings. The molecule has 0 heterocycles. The van der Waals surface area contributed by atoms with Crippen LogP contribution in [0.3, 0.4) is 0 Å². The lowest BCUT2D eigenvalue weighted by atomic mass is 9.97. The van der Waals surface area contributed by atoms with Gasteiger partial charge in [0.05, 0.1) is 6.61 Å². The average Bonchev–Trinajstić information content (AvgIpc) is 2.30. The van der Waals surface area contributed by atoms with Crippen LogP contribution in [0.4, 0.5) is 0 Å². The van der Waals surface area contributed by atoms with Crippen molar-refractivity contribution in [1.82, 2.24) is 0 Å². The third-order valence-electron chi connectivity index (χ3n) is 2.68. The van der Waals surface area contributed by atoms with Gasteiger partial charge in [-0.2, -0.15) is 0 Å². The van der Waals surface area contributed by atoms with E-state index in [9.17, 15) is 0 Å². The number of benzene rings is 1. The predicted molar refractivity (Wildman–Crippen MR) is 67.4 cm³/mol. The van der Waals surface area contributed by atoms with Crippen LogP contribution < -0.4 is 16.2 Å². The number of rotatable bonds is 6. The summed E-state index contributed by atoms with van der Waals surface area (Å²) >= 11 is 0. The van der Waals surface area contributed by atoms with Crippen molar-refractivity contribution >= 4 is 0 Å². The fraction of sp³-hybridized carbons (Fsp3) is 0.538. The minimum absolute atomic E-state index is 0.0641. The Morgan fingerprint density at radius 1 is 1.25 bits per heavy atom. The Morgan fingerprint density at radius 3 is 2.38 bits per heavy atom. The highest BCUT2D eigenvalue weighted by molar-refractivity contribution is 5.29. The number of hydrogen-bond acceptors (Lipinski definition) is 3. The van der Waals surface area contributed by atoms with Gasteiger partial charge in [-0.15, -0.1) is 0 Å². The van der Waals surface area contributed by atoms with E-state index in [1.165, 1.54) is 0 Å². The Hall–Kier alpha value is -1.06. The van der Waals surface area contributed by atoms with Crippen molar-refractivity contribution in [3.8, 4) is 5.75 Å². The molecule has 0 bridgehead atoms. The predicted octanol–water partition coefficient (Wildman–Crippen LogP) is 2.07. The van der Waals surface area contributed by atoms with Gasteiger partial charge in [-0.1, -0.05) is 19.1 Å². The third kappa shape index (κ3) is 3.83. The van der Waals surface area contributed by atoms with Crippen molar-refractivity contribution in [3.63, 3.8) is 0 Å². The number of hydrogen-bond donors (Lipinski definition) is 2. The Bertz CT molecular complexity index is 297. The van der Waals surface area contributed by atoms with Gasteiger partial charge < -0.3 is 16.2 Å². The molecule has 1 aromatic carbocycles. The molecule has 0 radical (unpaired) electrons. The van der Waals surface area contributed by atoms with E-state index in [0.717, 1.165) is 17.7 Å². The van der Waals surface area contributed by atoms with Gasteiger partial charge in [0.1, 0.15) is 5.75 Å². The van der Waals surface area contributed by atoms with Crippen molar-refractivity contribution in [2.24, 2.45) is 17.4 Å². The van der Waals surface area contributed by atoms with Gasteiger partial charge >= 0.3 is 0 Å². The molecule has 1 aromatic rings. The number of nitrogens with two attached hydrogens (primary N) is 2. The highest BCUT2D eigenvalue weighted by Crippen LogP contribution is 2.21. The zero-order valence-corrected chi connectivity index (χ0v) is 10.1. The van der Waals surface area contributed by atoms with Crippen LogP contribution in [0, 0.1) is 5.92 Å². The summed E-state index contributed by atoms with van der Waals surface area (Å²) in [6.45, 7) is 5.47. The molecule has 0 saturated heterocycles. The molecule has 0 aliphatic heterocycles. The second kappa shape index (κ2) is 6.51. The molecule has 2 unspecified atom stereocenters. The van der Waals surface area contributed by atoms with Crippen LogP contribution in [0.2, 0.25) is 0 Å². The lowest BCUT2D eigenvalue weighted by Crippen LogP contribution is -2.19. The first-order valence-electron chi connectivity index (χ1n) is 5.85. The summed E-state index contributed by atoms with van der Waals surface area (Å²) in [7, 11) is 0. The lowest BCUT2D eigenvalue weighted by Gasteiger charge is -2.16. The van der Waals surface area contributed by atoms with Gasteiger partial charge in [0.2, 0.25) is 0 Å². The van der Waals surface area contributed by atoms with Crippen molar-refractivity contribution in [2.45, 2.75) is 26.3 Å². The van der Waals surface area contributed by atoms with Crippen LogP contribution in [-0.2, 0) is 0 Å². The topological polar surface area (TPSA) is 61.3 Å². The molecule has 2 atom stereocenters. The second-order valence-electron chi connectivity index (χ2n) is 4.19. The molecular weight excluding hydrogens is 200 g/mol. The van der Waals surface area contributed by atoms with Crippen LogP contribution in [0.25, 0.3) is 0 Å². The monoisotopic (exact) mass is 222 g/mol. The highest BCUT2D eigenvalue weighted by Gasteiger charge is 2.09. The zero-order chi connectivity index (χ0) is 12.0. The Balaban J connectivity index is 2.59. The largest absolute Gasteiger partial charge is 0.494 e. The molecular formula is C13H22N2O. The van der Waals surface area contributed by atoms with E-state index in [1.54, 1.807) is 0 Å². The summed E-state index contributed by atoms with van der Waals surface area (Å²) in [6.07, 6.45) is 0.921. The SMILES string of the molecule is CCOc1ccc(C(N)CC(C)CN)cc1. The quantitative estimate of drug-likeness (QED) is 0.774. The summed E-state index contributed by atoms with van der Waals surface area (Å²) in [6, 6.07) is 8.05. The zero-order valence-electron chi connectivity index (χ0n) is 10.1. The van der Waals surface area contributed by atoms with Crippen molar-refractivity contribution in [3.05, 3.63) is 29.8 Å². The minimum Gasteiger partial charge on any atom is -0.494 e. The summed E-state index contributed by atoms with van der Waals surface area (Å²) in [5.41, 5.74) is 12.8. The molecule has 0 aliphatic rings. The van der Waals surface area contributed by atoms with Crippen molar-refractivity contribution in [2.75, 3.05) is 13.2 Å². The molecule has 0 aromatic heterocycles. The molecule has 0 amide bonds. The second-order valence-corrected chi connectivity index (χ2v) is 4.19. The molecule has 0 spiro atoms. The van der Waals surface area contributed by atoms with Gasteiger partial charge in [0.25, 0.3) is 0 Å². The summed E-state index contributed by atoms with van der Waals surface area (Å²) in [5, 5.41) is 0. The van der Waals surface area contributed by atoms with E-state index in [0.29, 0.717) is 19.1 Å². The first-order valence-corrected chi connectivity index (χ1v) is 5.85. The van der Waals surface area contributed by atoms with Crippen molar-refractivity contribution in [1.29, 1.82) is 0 Å². The Morgan fingerprint density at radius 2 is 1.88 bits per heavy atom. The van der Waals surface area contributed by atoms with Gasteiger partial charge in [0.15, 0.2) is 0 Å². The van der Waals surface area contributed by atoms with E-state index in [2.05, 4.69) is 6.92 Å². The van der Waals surface area contributed by atoms with E-state index >= 15 is 0 Å². The lowest BCUT2D eigenvalue weighted by molar-refractivity contribution is 0.340. The van der Waals surface area contributed by atoms with Gasteiger partial charge in [-0.05, 0) is 43.5 Å². The van der Waals surface area contributed by atoms with Crippen LogP contribution in [0.15, 0.2) is 24.3 Å². The smallest absolute Gasteiger partial charge is 0.119 e. The molecule has 3 nitrogen and oxygen atoms in total. The molecule has 3 heteroatoms. The normalized spacial score (nSPS) is 14.5. The summed E-state index contributed by atoms with van der Waals surface area (Å²) < 4.78 is 5.38. The standard InChI is InChI=1S/C13H22N2O/c1-3-16-12-6-4-11(5-7-12)13(15)8-10(2)9-14/h4-7,10,13H,3,8-9,14-15H2,1-2H3. The molecule has 1 rings (SSSR count). The highest BCUT2D eigenvalue weighted by atomic mass is 16.5. The van der Waals surface area contributed by atoms with Gasteiger partial charge in [-0.3, -0.25) is 0 Å². The molecule has 90 valence electrons. The maximum Gasteiger partial charge on any atom is 0.119 e. The van der Waals surface area contributed by atoms with E-state index in [4.69, 9.17) is 16.2 Å². The van der Waals surface area contributed by atoms with Crippen LogP contribution >= 0.6 is 0 Å². The van der Waals surface area contributed by atoms with E-state index < -0.39 is 0 Å².